The molecule has 0 rings (SSSR count). The van der Waals surface area contributed by atoms with Gasteiger partial charge in [0.2, 0.25) is 0 Å². The van der Waals surface area contributed by atoms with E-state index in [0.29, 0.717) is 70.1 Å². The minimum Gasteiger partial charge on any atom is -0.379 e. The van der Waals surface area contributed by atoms with Crippen LogP contribution in [0.2, 0.25) is 0 Å². The van der Waals surface area contributed by atoms with Crippen LogP contribution in [0.1, 0.15) is 150 Å². The molecule has 0 amide bonds. The number of hydrogen-bond acceptors (Lipinski definition) is 9. The molecule has 6 unspecified atom stereocenters. The lowest BCUT2D eigenvalue weighted by Gasteiger charge is -2.21. The molecule has 0 fully saturated rings. The van der Waals surface area contributed by atoms with Crippen molar-refractivity contribution in [3.63, 3.8) is 0 Å². The second kappa shape index (κ2) is 37.6. The Kier molecular flexibility index (Phi) is 40.4. The van der Waals surface area contributed by atoms with Gasteiger partial charge in [0.15, 0.2) is 0 Å². The summed E-state index contributed by atoms with van der Waals surface area (Å²) in [6.07, 6.45) is 6.16. The Bertz CT molecular complexity index is 666. The predicted molar refractivity (Wildman–Crippen MR) is 219 cm³/mol. The summed E-state index contributed by atoms with van der Waals surface area (Å²) in [6.45, 7) is 44.1. The van der Waals surface area contributed by atoms with Crippen molar-refractivity contribution in [3.05, 3.63) is 0 Å². The molecular formula is C43H92O9. The number of hydrogen-bond donors (Lipinski definition) is 0. The molecule has 0 aliphatic rings. The van der Waals surface area contributed by atoms with E-state index in [1.54, 1.807) is 0 Å². The molecule has 0 bridgehead atoms. The molecule has 0 saturated heterocycles. The highest BCUT2D eigenvalue weighted by atomic mass is 16.6. The highest BCUT2D eigenvalue weighted by Crippen LogP contribution is 2.09. The molecule has 318 valence electrons. The molecule has 52 heavy (non-hydrogen) atoms. The smallest absolute Gasteiger partial charge is 0.0809 e. The van der Waals surface area contributed by atoms with Crippen molar-refractivity contribution in [2.75, 3.05) is 59.5 Å². The van der Waals surface area contributed by atoms with Gasteiger partial charge in [-0.1, -0.05) is 48.5 Å². The quantitative estimate of drug-likeness (QED) is 0.0643. The van der Waals surface area contributed by atoms with Crippen molar-refractivity contribution in [1.82, 2.24) is 0 Å². The van der Waals surface area contributed by atoms with Gasteiger partial charge in [-0.2, -0.15) is 0 Å². The Morgan fingerprint density at radius 3 is 1.21 bits per heavy atom. The van der Waals surface area contributed by atoms with Gasteiger partial charge >= 0.3 is 0 Å². The van der Waals surface area contributed by atoms with Gasteiger partial charge in [0.05, 0.1) is 101 Å². The highest BCUT2D eigenvalue weighted by molar-refractivity contribution is 4.59. The van der Waals surface area contributed by atoms with Crippen LogP contribution in [0, 0.1) is 17.8 Å². The molecule has 0 aromatic heterocycles. The number of ether oxygens (including phenoxy) is 9. The summed E-state index contributed by atoms with van der Waals surface area (Å²) in [5.74, 6) is 2.08. The molecule has 9 nitrogen and oxygen atoms in total. The predicted octanol–water partition coefficient (Wildman–Crippen LogP) is 10.2. The maximum absolute atomic E-state index is 5.76. The molecule has 0 aliphatic heterocycles. The molecule has 0 aliphatic carbocycles. The average molecular weight is 753 g/mol. The van der Waals surface area contributed by atoms with Crippen molar-refractivity contribution < 1.29 is 42.6 Å². The zero-order valence-corrected chi connectivity index (χ0v) is 37.8. The molecule has 6 atom stereocenters. The van der Waals surface area contributed by atoms with Gasteiger partial charge < -0.3 is 42.6 Å². The van der Waals surface area contributed by atoms with Gasteiger partial charge in [-0.25, -0.2) is 0 Å². The van der Waals surface area contributed by atoms with E-state index in [2.05, 4.69) is 76.2 Å². The van der Waals surface area contributed by atoms with E-state index >= 15 is 0 Å². The van der Waals surface area contributed by atoms with Crippen LogP contribution >= 0.6 is 0 Å². The van der Waals surface area contributed by atoms with Crippen LogP contribution in [0.15, 0.2) is 0 Å². The zero-order valence-electron chi connectivity index (χ0n) is 37.8. The Hall–Kier alpha value is -0.360. The molecular weight excluding hydrogens is 660 g/mol. The van der Waals surface area contributed by atoms with Crippen LogP contribution in [0.3, 0.4) is 0 Å². The Morgan fingerprint density at radius 1 is 0.346 bits per heavy atom. The minimum atomic E-state index is 0.123. The Balaban J connectivity index is -0.000000694. The van der Waals surface area contributed by atoms with Crippen LogP contribution in [-0.4, -0.2) is 114 Å². The standard InChI is InChI=1S/2C15H32O3.C13H28O3/c1-11(2)8-13(5)16-9-14(6)17-10-15(7)18-12(3)4;1-7-15(18-13(4)5)11-17-14(6)10-16-9-8-12(2)3;1-11(2)6-7-14-10-13(5)16-9-8-15-12(3)4/h11-15H,8-10H2,1-7H3;12-15H,7-11H2,1-6H3;11-13H,6-10H2,1-5H3. The largest absolute Gasteiger partial charge is 0.379 e. The minimum absolute atomic E-state index is 0.123. The lowest BCUT2D eigenvalue weighted by atomic mass is 10.1. The van der Waals surface area contributed by atoms with Crippen LogP contribution in [0.5, 0.6) is 0 Å². The third kappa shape index (κ3) is 47.7. The van der Waals surface area contributed by atoms with E-state index in [9.17, 15) is 0 Å². The molecule has 0 N–H and O–H groups in total. The maximum Gasteiger partial charge on any atom is 0.0809 e. The second-order valence-electron chi connectivity index (χ2n) is 16.4. The summed E-state index contributed by atoms with van der Waals surface area (Å²) < 4.78 is 50.6. The van der Waals surface area contributed by atoms with Crippen LogP contribution in [0.25, 0.3) is 0 Å². The van der Waals surface area contributed by atoms with Crippen LogP contribution in [0.4, 0.5) is 0 Å². The average Bonchev–Trinajstić information content (AvgIpc) is 3.03. The molecule has 9 heteroatoms. The van der Waals surface area contributed by atoms with Crippen molar-refractivity contribution >= 4 is 0 Å². The fourth-order valence-electron chi connectivity index (χ4n) is 4.56. The Morgan fingerprint density at radius 2 is 0.769 bits per heavy atom. The summed E-state index contributed by atoms with van der Waals surface area (Å²) >= 11 is 0. The molecule has 0 spiro atoms. The zero-order chi connectivity index (χ0) is 40.5. The van der Waals surface area contributed by atoms with E-state index in [1.807, 2.05) is 48.5 Å². The van der Waals surface area contributed by atoms with Crippen molar-refractivity contribution in [2.24, 2.45) is 17.8 Å². The van der Waals surface area contributed by atoms with Gasteiger partial charge in [0.1, 0.15) is 0 Å². The monoisotopic (exact) mass is 753 g/mol. The Labute approximate surface area is 324 Å². The maximum atomic E-state index is 5.76. The van der Waals surface area contributed by atoms with Crippen molar-refractivity contribution in [2.45, 2.75) is 205 Å². The third-order valence-corrected chi connectivity index (χ3v) is 7.35. The molecule has 0 radical (unpaired) electrons. The summed E-state index contributed by atoms with van der Waals surface area (Å²) in [4.78, 5) is 0. The SMILES string of the molecule is CC(C)CC(C)OCC(C)OCC(C)OC(C)C.CC(C)CCOCC(C)OCCOC(C)C.CCC(COC(C)COCCC(C)C)OC(C)C. The topological polar surface area (TPSA) is 83.1 Å². The van der Waals surface area contributed by atoms with E-state index in [4.69, 9.17) is 42.6 Å². The van der Waals surface area contributed by atoms with Gasteiger partial charge in [-0.15, -0.1) is 0 Å². The first-order valence-corrected chi connectivity index (χ1v) is 20.8. The van der Waals surface area contributed by atoms with Gasteiger partial charge in [0.25, 0.3) is 0 Å². The molecule has 0 aromatic carbocycles. The lowest BCUT2D eigenvalue weighted by Crippen LogP contribution is -2.27. The summed E-state index contributed by atoms with van der Waals surface area (Å²) in [7, 11) is 0. The van der Waals surface area contributed by atoms with E-state index in [-0.39, 0.29) is 48.8 Å². The number of rotatable bonds is 31. The fourth-order valence-corrected chi connectivity index (χ4v) is 4.56. The second-order valence-corrected chi connectivity index (χ2v) is 16.4. The van der Waals surface area contributed by atoms with E-state index in [0.717, 1.165) is 38.9 Å². The molecule has 0 aromatic rings. The van der Waals surface area contributed by atoms with Crippen LogP contribution in [-0.2, 0) is 42.6 Å². The molecule has 0 heterocycles. The first kappa shape index (κ1) is 56.0. The highest BCUT2D eigenvalue weighted by Gasteiger charge is 2.13. The first-order chi connectivity index (χ1) is 24.3. The summed E-state index contributed by atoms with van der Waals surface area (Å²) in [5.41, 5.74) is 0. The summed E-state index contributed by atoms with van der Waals surface area (Å²) in [5, 5.41) is 0. The first-order valence-electron chi connectivity index (χ1n) is 20.8. The van der Waals surface area contributed by atoms with E-state index in [1.165, 1.54) is 0 Å². The van der Waals surface area contributed by atoms with Crippen LogP contribution < -0.4 is 0 Å². The summed E-state index contributed by atoms with van der Waals surface area (Å²) in [6, 6.07) is 0. The normalized spacial score (nSPS) is 15.5. The van der Waals surface area contributed by atoms with Gasteiger partial charge in [-0.3, -0.25) is 0 Å². The van der Waals surface area contributed by atoms with E-state index < -0.39 is 0 Å². The van der Waals surface area contributed by atoms with Gasteiger partial charge in [-0.05, 0) is 120 Å². The van der Waals surface area contributed by atoms with Crippen molar-refractivity contribution in [3.8, 4) is 0 Å². The lowest BCUT2D eigenvalue weighted by molar-refractivity contribution is -0.0810. The third-order valence-electron chi connectivity index (χ3n) is 7.35. The van der Waals surface area contributed by atoms with Gasteiger partial charge in [0, 0.05) is 13.2 Å². The fraction of sp³-hybridized carbons (Fsp3) is 1.00. The molecule has 0 saturated carbocycles. The van der Waals surface area contributed by atoms with Crippen molar-refractivity contribution in [1.29, 1.82) is 0 Å².